The summed E-state index contributed by atoms with van der Waals surface area (Å²) in [5.41, 5.74) is 4.97. The average Bonchev–Trinajstić information content (AvgIpc) is 3.26. The highest BCUT2D eigenvalue weighted by Gasteiger charge is 2.32. The normalized spacial score (nSPS) is 21.3. The number of carbonyl (C=O) groups excluding carboxylic acids is 3. The molecule has 2 fully saturated rings. The van der Waals surface area contributed by atoms with Crippen LogP contribution >= 0.6 is 11.3 Å². The summed E-state index contributed by atoms with van der Waals surface area (Å²) in [7, 11) is 0. The minimum Gasteiger partial charge on any atom is -0.337 e. The van der Waals surface area contributed by atoms with Gasteiger partial charge < -0.3 is 4.90 Å². The van der Waals surface area contributed by atoms with E-state index in [0.29, 0.717) is 18.0 Å². The van der Waals surface area contributed by atoms with Crippen molar-refractivity contribution in [1.82, 2.24) is 15.8 Å². The molecule has 0 bridgehead atoms. The molecule has 0 radical (unpaired) electrons. The van der Waals surface area contributed by atoms with Crippen LogP contribution in [0.25, 0.3) is 0 Å². The molecule has 2 aliphatic rings. The average molecular weight is 321 g/mol. The maximum Gasteiger partial charge on any atom is 0.263 e. The summed E-state index contributed by atoms with van der Waals surface area (Å²) in [5.74, 6) is -0.552. The molecule has 1 atom stereocenters. The van der Waals surface area contributed by atoms with Gasteiger partial charge in [-0.1, -0.05) is 6.07 Å². The van der Waals surface area contributed by atoms with Crippen LogP contribution in [0.5, 0.6) is 0 Å². The van der Waals surface area contributed by atoms with Gasteiger partial charge in [0, 0.05) is 19.0 Å². The first kappa shape index (κ1) is 15.0. The SMILES string of the molecule is O=C(NNC(=O)C1CCCN(C(=O)c2cccs2)C1)C1CC1. The van der Waals surface area contributed by atoms with Crippen molar-refractivity contribution >= 4 is 29.1 Å². The van der Waals surface area contributed by atoms with Gasteiger partial charge in [0.2, 0.25) is 11.8 Å². The van der Waals surface area contributed by atoms with Crippen LogP contribution in [0, 0.1) is 11.8 Å². The molecule has 2 N–H and O–H groups in total. The summed E-state index contributed by atoms with van der Waals surface area (Å²) in [4.78, 5) is 38.4. The molecule has 1 unspecified atom stereocenters. The minimum absolute atomic E-state index is 0.0190. The molecule has 118 valence electrons. The number of nitrogens with one attached hydrogen (secondary N) is 2. The van der Waals surface area contributed by atoms with E-state index in [1.54, 1.807) is 11.0 Å². The van der Waals surface area contributed by atoms with Gasteiger partial charge in [-0.25, -0.2) is 0 Å². The highest BCUT2D eigenvalue weighted by Crippen LogP contribution is 2.28. The number of likely N-dealkylation sites (tertiary alicyclic amines) is 1. The fraction of sp³-hybridized carbons (Fsp3) is 0.533. The third-order valence-electron chi connectivity index (χ3n) is 4.07. The fourth-order valence-electron chi connectivity index (χ4n) is 2.60. The number of rotatable bonds is 3. The van der Waals surface area contributed by atoms with Crippen LogP contribution in [-0.4, -0.2) is 35.7 Å². The van der Waals surface area contributed by atoms with E-state index in [4.69, 9.17) is 0 Å². The van der Waals surface area contributed by atoms with Crippen LogP contribution in [-0.2, 0) is 9.59 Å². The van der Waals surface area contributed by atoms with Gasteiger partial charge in [-0.2, -0.15) is 0 Å². The van der Waals surface area contributed by atoms with Gasteiger partial charge in [0.1, 0.15) is 0 Å². The summed E-state index contributed by atoms with van der Waals surface area (Å²) >= 11 is 1.41. The van der Waals surface area contributed by atoms with E-state index in [1.807, 2.05) is 11.4 Å². The predicted molar refractivity (Wildman–Crippen MR) is 82.0 cm³/mol. The number of piperidine rings is 1. The standard InChI is InChI=1S/C15H19N3O3S/c19-13(10-5-6-10)16-17-14(20)11-3-1-7-18(9-11)15(21)12-4-2-8-22-12/h2,4,8,10-11H,1,3,5-7,9H2,(H,16,19)(H,17,20). The topological polar surface area (TPSA) is 78.5 Å². The van der Waals surface area contributed by atoms with Gasteiger partial charge in [0.25, 0.3) is 5.91 Å². The number of thiophene rings is 1. The van der Waals surface area contributed by atoms with E-state index >= 15 is 0 Å². The summed E-state index contributed by atoms with van der Waals surface area (Å²) in [6, 6.07) is 3.64. The van der Waals surface area contributed by atoms with E-state index in [1.165, 1.54) is 11.3 Å². The highest BCUT2D eigenvalue weighted by atomic mass is 32.1. The zero-order valence-electron chi connectivity index (χ0n) is 12.2. The lowest BCUT2D eigenvalue weighted by Gasteiger charge is -2.31. The molecule has 22 heavy (non-hydrogen) atoms. The quantitative estimate of drug-likeness (QED) is 0.820. The Balaban J connectivity index is 1.52. The van der Waals surface area contributed by atoms with Gasteiger partial charge in [-0.15, -0.1) is 11.3 Å². The lowest BCUT2D eigenvalue weighted by atomic mass is 9.97. The Morgan fingerprint density at radius 2 is 1.82 bits per heavy atom. The Morgan fingerprint density at radius 3 is 2.45 bits per heavy atom. The van der Waals surface area contributed by atoms with E-state index in [-0.39, 0.29) is 29.6 Å². The van der Waals surface area contributed by atoms with Crippen LogP contribution in [0.15, 0.2) is 17.5 Å². The van der Waals surface area contributed by atoms with Crippen molar-refractivity contribution in [2.24, 2.45) is 11.8 Å². The fourth-order valence-corrected chi connectivity index (χ4v) is 3.30. The first-order valence-electron chi connectivity index (χ1n) is 7.57. The molecule has 1 aromatic rings. The third-order valence-corrected chi connectivity index (χ3v) is 4.93. The number of nitrogens with zero attached hydrogens (tertiary/aromatic N) is 1. The van der Waals surface area contributed by atoms with Crippen LogP contribution in [0.2, 0.25) is 0 Å². The van der Waals surface area contributed by atoms with Crippen molar-refractivity contribution in [2.75, 3.05) is 13.1 Å². The van der Waals surface area contributed by atoms with Crippen molar-refractivity contribution in [3.8, 4) is 0 Å². The van der Waals surface area contributed by atoms with Crippen LogP contribution in [0.1, 0.15) is 35.4 Å². The molecule has 1 saturated carbocycles. The van der Waals surface area contributed by atoms with Crippen molar-refractivity contribution in [2.45, 2.75) is 25.7 Å². The third kappa shape index (κ3) is 3.47. The summed E-state index contributed by atoms with van der Waals surface area (Å²) in [6.07, 6.45) is 3.33. The van der Waals surface area contributed by atoms with E-state index in [0.717, 1.165) is 25.7 Å². The molecule has 1 aliphatic carbocycles. The maximum absolute atomic E-state index is 12.3. The highest BCUT2D eigenvalue weighted by molar-refractivity contribution is 7.12. The number of amides is 3. The molecule has 1 saturated heterocycles. The molecule has 3 rings (SSSR count). The molecule has 1 aliphatic heterocycles. The molecular weight excluding hydrogens is 302 g/mol. The minimum atomic E-state index is -0.267. The Hall–Kier alpha value is -1.89. The second-order valence-electron chi connectivity index (χ2n) is 5.82. The second-order valence-corrected chi connectivity index (χ2v) is 6.77. The van der Waals surface area contributed by atoms with Gasteiger partial charge >= 0.3 is 0 Å². The van der Waals surface area contributed by atoms with Crippen LogP contribution < -0.4 is 10.9 Å². The first-order chi connectivity index (χ1) is 10.6. The molecular formula is C15H19N3O3S. The number of hydrogen-bond acceptors (Lipinski definition) is 4. The summed E-state index contributed by atoms with van der Waals surface area (Å²) in [6.45, 7) is 1.08. The molecule has 2 heterocycles. The maximum atomic E-state index is 12.3. The molecule has 0 spiro atoms. The largest absolute Gasteiger partial charge is 0.337 e. The summed E-state index contributed by atoms with van der Waals surface area (Å²) in [5, 5.41) is 1.87. The Bertz CT molecular complexity index is 569. The van der Waals surface area contributed by atoms with Gasteiger partial charge in [0.15, 0.2) is 0 Å². The molecule has 0 aromatic carbocycles. The Morgan fingerprint density at radius 1 is 1.09 bits per heavy atom. The van der Waals surface area contributed by atoms with Crippen molar-refractivity contribution in [3.63, 3.8) is 0 Å². The van der Waals surface area contributed by atoms with E-state index in [2.05, 4.69) is 10.9 Å². The number of hydrogen-bond donors (Lipinski definition) is 2. The van der Waals surface area contributed by atoms with Crippen molar-refractivity contribution in [3.05, 3.63) is 22.4 Å². The smallest absolute Gasteiger partial charge is 0.263 e. The first-order valence-corrected chi connectivity index (χ1v) is 8.45. The lowest BCUT2D eigenvalue weighted by Crippen LogP contribution is -2.50. The molecule has 7 heteroatoms. The molecule has 3 amide bonds. The van der Waals surface area contributed by atoms with E-state index in [9.17, 15) is 14.4 Å². The second kappa shape index (κ2) is 6.48. The Kier molecular flexibility index (Phi) is 4.42. The Labute approximate surface area is 132 Å². The van der Waals surface area contributed by atoms with Crippen molar-refractivity contribution < 1.29 is 14.4 Å². The number of hydrazine groups is 1. The van der Waals surface area contributed by atoms with Gasteiger partial charge in [-0.05, 0) is 37.1 Å². The van der Waals surface area contributed by atoms with Crippen molar-refractivity contribution in [1.29, 1.82) is 0 Å². The monoisotopic (exact) mass is 321 g/mol. The predicted octanol–water partition coefficient (Wildman–Crippen LogP) is 1.16. The molecule has 6 nitrogen and oxygen atoms in total. The van der Waals surface area contributed by atoms with Crippen LogP contribution in [0.3, 0.4) is 0 Å². The number of carbonyl (C=O) groups is 3. The van der Waals surface area contributed by atoms with Gasteiger partial charge in [-0.3, -0.25) is 25.2 Å². The zero-order valence-corrected chi connectivity index (χ0v) is 13.0. The zero-order chi connectivity index (χ0) is 15.5. The van der Waals surface area contributed by atoms with Crippen LogP contribution in [0.4, 0.5) is 0 Å². The summed E-state index contributed by atoms with van der Waals surface area (Å²) < 4.78 is 0. The molecule has 1 aromatic heterocycles. The van der Waals surface area contributed by atoms with E-state index < -0.39 is 0 Å². The lowest BCUT2D eigenvalue weighted by molar-refractivity contribution is -0.132. The van der Waals surface area contributed by atoms with Gasteiger partial charge in [0.05, 0.1) is 10.8 Å².